The number of halogens is 1. The zero-order chi connectivity index (χ0) is 19.4. The standard InChI is InChI=1S/C19H22FN3O3S/c1-22-10-12-23(13-11-22)27(25,26)18-5-3-2-4-15(14-18)19(24)21-17-8-6-16(20)7-9-17/h3-9,14H,2,10-13H2,1H3,(H,21,24). The molecule has 1 aliphatic heterocycles. The molecule has 1 aliphatic carbocycles. The smallest absolute Gasteiger partial charge is 0.255 e. The Bertz CT molecular complexity index is 897. The molecule has 1 fully saturated rings. The van der Waals surface area contributed by atoms with E-state index in [9.17, 15) is 17.6 Å². The van der Waals surface area contributed by atoms with Crippen LogP contribution in [0.25, 0.3) is 0 Å². The van der Waals surface area contributed by atoms with Crippen molar-refractivity contribution in [2.24, 2.45) is 0 Å². The number of likely N-dealkylation sites (N-methyl/N-ethyl adjacent to an activating group) is 1. The molecule has 1 aromatic rings. The lowest BCUT2D eigenvalue weighted by Gasteiger charge is -2.31. The predicted molar refractivity (Wildman–Crippen MR) is 103 cm³/mol. The van der Waals surface area contributed by atoms with Crippen LogP contribution < -0.4 is 5.32 Å². The van der Waals surface area contributed by atoms with Gasteiger partial charge in [-0.25, -0.2) is 12.8 Å². The summed E-state index contributed by atoms with van der Waals surface area (Å²) < 4.78 is 40.4. The van der Waals surface area contributed by atoms with Crippen LogP contribution in [0.1, 0.15) is 6.42 Å². The number of hydrogen-bond donors (Lipinski definition) is 1. The molecule has 1 N–H and O–H groups in total. The molecule has 1 saturated heterocycles. The first kappa shape index (κ1) is 19.5. The Labute approximate surface area is 158 Å². The number of sulfonamides is 1. The van der Waals surface area contributed by atoms with Crippen LogP contribution in [0.5, 0.6) is 0 Å². The molecule has 0 unspecified atom stereocenters. The predicted octanol–water partition coefficient (Wildman–Crippen LogP) is 2.11. The quantitative estimate of drug-likeness (QED) is 0.854. The van der Waals surface area contributed by atoms with Gasteiger partial charge in [-0.15, -0.1) is 0 Å². The first-order valence-corrected chi connectivity index (χ1v) is 10.1. The fourth-order valence-electron chi connectivity index (χ4n) is 2.87. The summed E-state index contributed by atoms with van der Waals surface area (Å²) >= 11 is 0. The van der Waals surface area contributed by atoms with Crippen LogP contribution in [0, 0.1) is 5.82 Å². The van der Waals surface area contributed by atoms with Crippen LogP contribution in [-0.2, 0) is 14.8 Å². The molecule has 27 heavy (non-hydrogen) atoms. The SMILES string of the molecule is CN1CCN(S(=O)(=O)C2=CC(C(=O)Nc3ccc(F)cc3)=CCC=C2)CC1. The van der Waals surface area contributed by atoms with Crippen LogP contribution in [0.15, 0.2) is 59.0 Å². The lowest BCUT2D eigenvalue weighted by Crippen LogP contribution is -2.47. The van der Waals surface area contributed by atoms with E-state index in [-0.39, 0.29) is 10.5 Å². The molecule has 1 aromatic carbocycles. The first-order chi connectivity index (χ1) is 12.9. The van der Waals surface area contributed by atoms with Gasteiger partial charge < -0.3 is 10.2 Å². The van der Waals surface area contributed by atoms with Crippen molar-refractivity contribution in [3.05, 3.63) is 64.9 Å². The molecule has 8 heteroatoms. The third-order valence-electron chi connectivity index (χ3n) is 4.52. The van der Waals surface area contributed by atoms with Crippen molar-refractivity contribution in [1.29, 1.82) is 0 Å². The number of piperazine rings is 1. The Balaban J connectivity index is 1.79. The number of carbonyl (C=O) groups is 1. The van der Waals surface area contributed by atoms with Crippen molar-refractivity contribution in [3.8, 4) is 0 Å². The van der Waals surface area contributed by atoms with E-state index < -0.39 is 21.7 Å². The summed E-state index contributed by atoms with van der Waals surface area (Å²) in [6, 6.07) is 5.40. The minimum Gasteiger partial charge on any atom is -0.322 e. The van der Waals surface area contributed by atoms with Crippen LogP contribution in [0.2, 0.25) is 0 Å². The lowest BCUT2D eigenvalue weighted by molar-refractivity contribution is -0.112. The second-order valence-electron chi connectivity index (χ2n) is 6.51. The average Bonchev–Trinajstić information content (AvgIpc) is 2.91. The molecule has 1 amide bonds. The van der Waals surface area contributed by atoms with Gasteiger partial charge >= 0.3 is 0 Å². The maximum absolute atomic E-state index is 13.0. The van der Waals surface area contributed by atoms with Gasteiger partial charge in [-0.1, -0.05) is 12.2 Å². The van der Waals surface area contributed by atoms with E-state index in [0.717, 1.165) is 0 Å². The van der Waals surface area contributed by atoms with Crippen molar-refractivity contribution in [3.63, 3.8) is 0 Å². The number of nitrogens with zero attached hydrogens (tertiary/aromatic N) is 2. The van der Waals surface area contributed by atoms with Crippen molar-refractivity contribution >= 4 is 21.6 Å². The molecule has 0 aromatic heterocycles. The van der Waals surface area contributed by atoms with Gasteiger partial charge in [0.1, 0.15) is 5.82 Å². The van der Waals surface area contributed by atoms with Gasteiger partial charge in [0.2, 0.25) is 10.0 Å². The lowest BCUT2D eigenvalue weighted by atomic mass is 10.2. The van der Waals surface area contributed by atoms with Gasteiger partial charge in [-0.2, -0.15) is 4.31 Å². The fraction of sp³-hybridized carbons (Fsp3) is 0.316. The van der Waals surface area contributed by atoms with Crippen LogP contribution in [0.4, 0.5) is 10.1 Å². The number of carbonyl (C=O) groups excluding carboxylic acids is 1. The van der Waals surface area contributed by atoms with E-state index in [2.05, 4.69) is 10.2 Å². The number of rotatable bonds is 4. The Kier molecular flexibility index (Phi) is 5.88. The third-order valence-corrected chi connectivity index (χ3v) is 6.41. The second kappa shape index (κ2) is 8.16. The third kappa shape index (κ3) is 4.71. The zero-order valence-corrected chi connectivity index (χ0v) is 15.9. The minimum atomic E-state index is -3.67. The summed E-state index contributed by atoms with van der Waals surface area (Å²) in [5, 5.41) is 2.66. The van der Waals surface area contributed by atoms with Gasteiger partial charge in [-0.3, -0.25) is 4.79 Å². The van der Waals surface area contributed by atoms with Gasteiger partial charge in [-0.05, 0) is 49.9 Å². The summed E-state index contributed by atoms with van der Waals surface area (Å²) in [5.74, 6) is -0.831. The van der Waals surface area contributed by atoms with Crippen LogP contribution >= 0.6 is 0 Å². The van der Waals surface area contributed by atoms with Crippen molar-refractivity contribution in [1.82, 2.24) is 9.21 Å². The Morgan fingerprint density at radius 2 is 1.78 bits per heavy atom. The largest absolute Gasteiger partial charge is 0.322 e. The summed E-state index contributed by atoms with van der Waals surface area (Å²) in [4.78, 5) is 14.7. The molecule has 0 saturated carbocycles. The van der Waals surface area contributed by atoms with Gasteiger partial charge in [0.05, 0.1) is 4.91 Å². The molecule has 1 heterocycles. The number of nitrogens with one attached hydrogen (secondary N) is 1. The summed E-state index contributed by atoms with van der Waals surface area (Å²) in [7, 11) is -1.71. The highest BCUT2D eigenvalue weighted by molar-refractivity contribution is 7.93. The monoisotopic (exact) mass is 391 g/mol. The zero-order valence-electron chi connectivity index (χ0n) is 15.1. The molecule has 6 nitrogen and oxygen atoms in total. The van der Waals surface area contributed by atoms with Crippen molar-refractivity contribution in [2.75, 3.05) is 38.5 Å². The molecule has 0 atom stereocenters. The van der Waals surface area contributed by atoms with E-state index in [1.165, 1.54) is 34.6 Å². The number of benzene rings is 1. The van der Waals surface area contributed by atoms with Gasteiger partial charge in [0.25, 0.3) is 5.91 Å². The molecule has 3 rings (SSSR count). The number of amides is 1. The normalized spacial score (nSPS) is 19.2. The van der Waals surface area contributed by atoms with E-state index in [1.807, 2.05) is 7.05 Å². The van der Waals surface area contributed by atoms with Crippen LogP contribution in [-0.4, -0.2) is 56.8 Å². The maximum Gasteiger partial charge on any atom is 0.255 e. The van der Waals surface area contributed by atoms with E-state index in [0.29, 0.717) is 38.3 Å². The molecular formula is C19H22FN3O3S. The van der Waals surface area contributed by atoms with E-state index >= 15 is 0 Å². The van der Waals surface area contributed by atoms with Gasteiger partial charge in [0.15, 0.2) is 0 Å². The molecule has 0 bridgehead atoms. The van der Waals surface area contributed by atoms with Crippen molar-refractivity contribution < 1.29 is 17.6 Å². The molecular weight excluding hydrogens is 369 g/mol. The van der Waals surface area contributed by atoms with E-state index in [4.69, 9.17) is 0 Å². The molecule has 2 aliphatic rings. The van der Waals surface area contributed by atoms with Crippen LogP contribution in [0.3, 0.4) is 0 Å². The number of hydrogen-bond acceptors (Lipinski definition) is 4. The highest BCUT2D eigenvalue weighted by atomic mass is 32.2. The van der Waals surface area contributed by atoms with E-state index in [1.54, 1.807) is 18.2 Å². The number of anilines is 1. The highest BCUT2D eigenvalue weighted by Gasteiger charge is 2.29. The average molecular weight is 391 g/mol. The Morgan fingerprint density at radius 1 is 1.11 bits per heavy atom. The summed E-state index contributed by atoms with van der Waals surface area (Å²) in [6.45, 7) is 2.18. The number of allylic oxidation sites excluding steroid dienone is 3. The van der Waals surface area contributed by atoms with Gasteiger partial charge in [0, 0.05) is 37.4 Å². The van der Waals surface area contributed by atoms with Crippen molar-refractivity contribution in [2.45, 2.75) is 6.42 Å². The first-order valence-electron chi connectivity index (χ1n) is 8.70. The molecule has 0 radical (unpaired) electrons. The highest BCUT2D eigenvalue weighted by Crippen LogP contribution is 2.22. The fourth-order valence-corrected chi connectivity index (χ4v) is 4.36. The molecule has 144 valence electrons. The summed E-state index contributed by atoms with van der Waals surface area (Å²) in [6.07, 6.45) is 6.78. The Hall–Kier alpha value is -2.29. The topological polar surface area (TPSA) is 69.7 Å². The Morgan fingerprint density at radius 3 is 2.44 bits per heavy atom. The second-order valence-corrected chi connectivity index (χ2v) is 8.45. The summed E-state index contributed by atoms with van der Waals surface area (Å²) in [5.41, 5.74) is 0.702. The minimum absolute atomic E-state index is 0.102. The molecule has 0 spiro atoms. The maximum atomic E-state index is 13.0.